The van der Waals surface area contributed by atoms with Crippen LogP contribution in [0.15, 0.2) is 12.3 Å². The summed E-state index contributed by atoms with van der Waals surface area (Å²) in [6, 6.07) is 1.61. The number of carbonyl (C=O) groups excluding carboxylic acids is 1. The molecule has 0 aromatic carbocycles. The van der Waals surface area contributed by atoms with Gasteiger partial charge in [-0.05, 0) is 45.6 Å². The fourth-order valence-electron chi connectivity index (χ4n) is 2.20. The van der Waals surface area contributed by atoms with Crippen molar-refractivity contribution in [1.82, 2.24) is 20.4 Å². The number of aliphatic carboxylic acids is 1. The number of urea groups is 1. The Kier molecular flexibility index (Phi) is 4.20. The molecule has 0 aliphatic heterocycles. The maximum Gasteiger partial charge on any atom is 0.329 e. The van der Waals surface area contributed by atoms with E-state index in [4.69, 9.17) is 0 Å². The van der Waals surface area contributed by atoms with Gasteiger partial charge in [-0.1, -0.05) is 0 Å². The van der Waals surface area contributed by atoms with Crippen LogP contribution in [0.3, 0.4) is 0 Å². The number of hydrogen-bond acceptors (Lipinski definition) is 3. The molecule has 1 aromatic rings. The van der Waals surface area contributed by atoms with E-state index in [2.05, 4.69) is 15.7 Å². The summed E-state index contributed by atoms with van der Waals surface area (Å²) in [4.78, 5) is 23.2. The Morgan fingerprint density at radius 1 is 1.52 bits per heavy atom. The van der Waals surface area contributed by atoms with Gasteiger partial charge >= 0.3 is 12.0 Å². The Balaban J connectivity index is 1.88. The highest BCUT2D eigenvalue weighted by Gasteiger charge is 2.48. The van der Waals surface area contributed by atoms with E-state index in [0.29, 0.717) is 0 Å². The minimum Gasteiger partial charge on any atom is -0.480 e. The van der Waals surface area contributed by atoms with Crippen molar-refractivity contribution in [3.8, 4) is 0 Å². The van der Waals surface area contributed by atoms with E-state index in [1.54, 1.807) is 11.6 Å². The summed E-state index contributed by atoms with van der Waals surface area (Å²) in [7, 11) is 0. The van der Waals surface area contributed by atoms with Gasteiger partial charge < -0.3 is 15.7 Å². The second-order valence-corrected chi connectivity index (χ2v) is 5.97. The third-order valence-corrected chi connectivity index (χ3v) is 3.83. The molecular weight excluding hydrogens is 272 g/mol. The number of hydrogen-bond donors (Lipinski definition) is 3. The van der Waals surface area contributed by atoms with E-state index < -0.39 is 17.5 Å². The minimum atomic E-state index is -1.19. The first kappa shape index (κ1) is 15.3. The predicted octanol–water partition coefficient (Wildman–Crippen LogP) is 1.52. The Morgan fingerprint density at radius 2 is 2.19 bits per heavy atom. The number of amides is 2. The topological polar surface area (TPSA) is 96.2 Å². The molecule has 1 fully saturated rings. The van der Waals surface area contributed by atoms with Crippen LogP contribution >= 0.6 is 0 Å². The molecule has 0 saturated heterocycles. The first-order chi connectivity index (χ1) is 9.83. The van der Waals surface area contributed by atoms with Gasteiger partial charge in [-0.3, -0.25) is 4.68 Å². The molecule has 1 heterocycles. The van der Waals surface area contributed by atoms with Crippen LogP contribution in [0.1, 0.15) is 45.3 Å². The summed E-state index contributed by atoms with van der Waals surface area (Å²) in [6.07, 6.45) is 3.52. The molecule has 3 N–H and O–H groups in total. The van der Waals surface area contributed by atoms with Crippen molar-refractivity contribution < 1.29 is 14.7 Å². The van der Waals surface area contributed by atoms with Gasteiger partial charge in [-0.25, -0.2) is 9.59 Å². The van der Waals surface area contributed by atoms with Crippen molar-refractivity contribution >= 4 is 12.0 Å². The van der Waals surface area contributed by atoms with Gasteiger partial charge in [-0.2, -0.15) is 5.10 Å². The maximum atomic E-state index is 11.9. The third-order valence-electron chi connectivity index (χ3n) is 3.83. The van der Waals surface area contributed by atoms with Crippen LogP contribution in [0.4, 0.5) is 4.79 Å². The smallest absolute Gasteiger partial charge is 0.329 e. The van der Waals surface area contributed by atoms with E-state index in [1.807, 2.05) is 26.1 Å². The monoisotopic (exact) mass is 294 g/mol. The number of aromatic nitrogens is 2. The lowest BCUT2D eigenvalue weighted by molar-refractivity contribution is -0.144. The van der Waals surface area contributed by atoms with Crippen LogP contribution in [0.2, 0.25) is 0 Å². The number of nitrogens with one attached hydrogen (secondary N) is 2. The zero-order valence-electron chi connectivity index (χ0n) is 12.6. The van der Waals surface area contributed by atoms with E-state index in [0.717, 1.165) is 18.5 Å². The number of carboxylic acid groups (broad SMARTS) is 1. The van der Waals surface area contributed by atoms with Crippen LogP contribution in [0, 0.1) is 5.92 Å². The summed E-state index contributed by atoms with van der Waals surface area (Å²) in [5, 5.41) is 18.8. The Hall–Kier alpha value is -2.05. The molecule has 0 radical (unpaired) electrons. The SMILES string of the molecule is CC(C)n1ccc(CNC(=O)NC(C)(C(=O)O)C2CC2)n1. The van der Waals surface area contributed by atoms with Gasteiger partial charge in [0.1, 0.15) is 5.54 Å². The van der Waals surface area contributed by atoms with Gasteiger partial charge in [0.15, 0.2) is 0 Å². The number of rotatable bonds is 6. The van der Waals surface area contributed by atoms with Crippen molar-refractivity contribution in [1.29, 1.82) is 0 Å². The molecular formula is C14H22N4O3. The summed E-state index contributed by atoms with van der Waals surface area (Å²) >= 11 is 0. The highest BCUT2D eigenvalue weighted by atomic mass is 16.4. The largest absolute Gasteiger partial charge is 0.480 e. The molecule has 116 valence electrons. The average Bonchev–Trinajstić information content (AvgIpc) is 3.15. The fourth-order valence-corrected chi connectivity index (χ4v) is 2.20. The number of carboxylic acids is 1. The molecule has 1 unspecified atom stereocenters. The van der Waals surface area contributed by atoms with Crippen molar-refractivity contribution in [3.05, 3.63) is 18.0 Å². The van der Waals surface area contributed by atoms with Crippen LogP contribution in [0.25, 0.3) is 0 Å². The van der Waals surface area contributed by atoms with Gasteiger partial charge in [0, 0.05) is 12.2 Å². The van der Waals surface area contributed by atoms with Crippen molar-refractivity contribution in [3.63, 3.8) is 0 Å². The van der Waals surface area contributed by atoms with Crippen LogP contribution < -0.4 is 10.6 Å². The first-order valence-corrected chi connectivity index (χ1v) is 7.16. The first-order valence-electron chi connectivity index (χ1n) is 7.16. The second kappa shape index (κ2) is 5.75. The fraction of sp³-hybridized carbons (Fsp3) is 0.643. The number of nitrogens with zero attached hydrogens (tertiary/aromatic N) is 2. The van der Waals surface area contributed by atoms with E-state index >= 15 is 0 Å². The van der Waals surface area contributed by atoms with Crippen molar-refractivity contribution in [2.75, 3.05) is 0 Å². The van der Waals surface area contributed by atoms with Crippen molar-refractivity contribution in [2.45, 2.75) is 51.7 Å². The molecule has 1 aromatic heterocycles. The number of carbonyl (C=O) groups is 2. The van der Waals surface area contributed by atoms with Gasteiger partial charge in [-0.15, -0.1) is 0 Å². The average molecular weight is 294 g/mol. The zero-order valence-corrected chi connectivity index (χ0v) is 12.6. The molecule has 0 spiro atoms. The van der Waals surface area contributed by atoms with Crippen LogP contribution in [-0.2, 0) is 11.3 Å². The molecule has 7 heteroatoms. The quantitative estimate of drug-likeness (QED) is 0.741. The third kappa shape index (κ3) is 3.53. The molecule has 1 aliphatic carbocycles. The summed E-state index contributed by atoms with van der Waals surface area (Å²) in [5.74, 6) is -0.981. The van der Waals surface area contributed by atoms with Gasteiger partial charge in [0.05, 0.1) is 12.2 Å². The van der Waals surface area contributed by atoms with Crippen LogP contribution in [-0.4, -0.2) is 32.4 Å². The van der Waals surface area contributed by atoms with Gasteiger partial charge in [0.25, 0.3) is 0 Å². The predicted molar refractivity (Wildman–Crippen MR) is 76.7 cm³/mol. The Morgan fingerprint density at radius 3 is 2.67 bits per heavy atom. The molecule has 7 nitrogen and oxygen atoms in total. The zero-order chi connectivity index (χ0) is 15.6. The summed E-state index contributed by atoms with van der Waals surface area (Å²) < 4.78 is 1.81. The highest BCUT2D eigenvalue weighted by molar-refractivity contribution is 5.86. The summed E-state index contributed by atoms with van der Waals surface area (Å²) in [6.45, 7) is 5.86. The summed E-state index contributed by atoms with van der Waals surface area (Å²) in [5.41, 5.74) is -0.455. The molecule has 2 amide bonds. The highest BCUT2D eigenvalue weighted by Crippen LogP contribution is 2.39. The standard InChI is InChI=1S/C14H22N4O3/c1-9(2)18-7-6-11(17-18)8-15-13(21)16-14(3,12(19)20)10-4-5-10/h6-7,9-10H,4-5,8H2,1-3H3,(H,19,20)(H2,15,16,21). The minimum absolute atomic E-state index is 0.0147. The van der Waals surface area contributed by atoms with Crippen LogP contribution in [0.5, 0.6) is 0 Å². The molecule has 0 bridgehead atoms. The second-order valence-electron chi connectivity index (χ2n) is 5.97. The Labute approximate surface area is 123 Å². The van der Waals surface area contributed by atoms with E-state index in [9.17, 15) is 14.7 Å². The molecule has 21 heavy (non-hydrogen) atoms. The van der Waals surface area contributed by atoms with E-state index in [-0.39, 0.29) is 18.5 Å². The lowest BCUT2D eigenvalue weighted by atomic mass is 9.96. The van der Waals surface area contributed by atoms with Crippen molar-refractivity contribution in [2.24, 2.45) is 5.92 Å². The lowest BCUT2D eigenvalue weighted by Crippen LogP contribution is -2.56. The van der Waals surface area contributed by atoms with Gasteiger partial charge in [0.2, 0.25) is 0 Å². The molecule has 1 saturated carbocycles. The Bertz CT molecular complexity index is 536. The molecule has 2 rings (SSSR count). The molecule has 1 atom stereocenters. The normalized spacial score (nSPS) is 17.3. The maximum absolute atomic E-state index is 11.9. The lowest BCUT2D eigenvalue weighted by Gasteiger charge is -2.26. The molecule has 1 aliphatic rings. The van der Waals surface area contributed by atoms with E-state index in [1.165, 1.54) is 0 Å².